The molecule has 26 heavy (non-hydrogen) atoms. The fraction of sp³-hybridized carbons (Fsp3) is 0.375. The molecule has 1 aliphatic heterocycles. The number of benzene rings is 1. The van der Waals surface area contributed by atoms with Gasteiger partial charge in [0.1, 0.15) is 15.4 Å². The first-order valence-corrected chi connectivity index (χ1v) is 9.72. The number of fused-ring (bicyclic) bond motifs is 1. The summed E-state index contributed by atoms with van der Waals surface area (Å²) in [6.45, 7) is 0.373. The molecule has 1 amide bonds. The second kappa shape index (κ2) is 6.11. The number of nitrogens with one attached hydrogen (secondary N) is 1. The molecule has 1 N–H and O–H groups in total. The lowest BCUT2D eigenvalue weighted by Gasteiger charge is -2.38. The third-order valence-electron chi connectivity index (χ3n) is 4.20. The van der Waals surface area contributed by atoms with Crippen molar-refractivity contribution in [2.75, 3.05) is 25.1 Å². The third-order valence-corrected chi connectivity index (χ3v) is 5.28. The number of pyridine rings is 1. The van der Waals surface area contributed by atoms with E-state index >= 15 is 0 Å². The van der Waals surface area contributed by atoms with Gasteiger partial charge >= 0.3 is 6.18 Å². The van der Waals surface area contributed by atoms with E-state index in [1.807, 2.05) is 0 Å². The number of aromatic nitrogens is 1. The molecule has 0 spiro atoms. The number of hydrogen-bond donors (Lipinski definition) is 1. The molecule has 0 bridgehead atoms. The van der Waals surface area contributed by atoms with Gasteiger partial charge in [-0.05, 0) is 17.5 Å². The summed E-state index contributed by atoms with van der Waals surface area (Å²) in [5, 5.41) is 0.0935. The Balaban J connectivity index is 1.89. The lowest BCUT2D eigenvalue weighted by atomic mass is 10.0. The van der Waals surface area contributed by atoms with Gasteiger partial charge in [0.05, 0.1) is 16.8 Å². The van der Waals surface area contributed by atoms with Crippen LogP contribution in [0, 0.1) is 5.92 Å². The Bertz CT molecular complexity index is 1040. The molecule has 6 nitrogen and oxygen atoms in total. The van der Waals surface area contributed by atoms with Crippen molar-refractivity contribution in [3.8, 4) is 0 Å². The van der Waals surface area contributed by atoms with Crippen LogP contribution in [-0.4, -0.2) is 49.3 Å². The van der Waals surface area contributed by atoms with Crippen LogP contribution in [0.3, 0.4) is 0 Å². The molecule has 1 aromatic carbocycles. The number of amides is 1. The third kappa shape index (κ3) is 3.59. The maximum atomic E-state index is 13.0. The molecule has 0 aliphatic carbocycles. The Hall–Kier alpha value is -2.36. The van der Waals surface area contributed by atoms with Gasteiger partial charge in [-0.25, -0.2) is 8.42 Å². The number of carbonyl (C=O) groups excluding carboxylic acids is 1. The minimum atomic E-state index is -4.63. The molecule has 140 valence electrons. The summed E-state index contributed by atoms with van der Waals surface area (Å²) in [6.07, 6.45) is -3.53. The molecule has 0 atom stereocenters. The van der Waals surface area contributed by atoms with Crippen molar-refractivity contribution < 1.29 is 26.4 Å². The number of carbonyl (C=O) groups is 1. The number of sulfone groups is 1. The first kappa shape index (κ1) is 18.4. The minimum absolute atomic E-state index is 0.0558. The zero-order chi connectivity index (χ0) is 19.3. The predicted octanol–water partition coefficient (Wildman–Crippen LogP) is 1.66. The number of nitrogens with zero attached hydrogens (tertiary/aromatic N) is 1. The van der Waals surface area contributed by atoms with Gasteiger partial charge in [-0.15, -0.1) is 0 Å². The van der Waals surface area contributed by atoms with Crippen LogP contribution in [0.1, 0.15) is 15.9 Å². The van der Waals surface area contributed by atoms with Crippen molar-refractivity contribution in [2.45, 2.75) is 6.18 Å². The summed E-state index contributed by atoms with van der Waals surface area (Å²) < 4.78 is 61.6. The van der Waals surface area contributed by atoms with Gasteiger partial charge in [0.25, 0.3) is 11.5 Å². The van der Waals surface area contributed by atoms with Crippen LogP contribution in [0.5, 0.6) is 0 Å². The molecule has 1 aromatic heterocycles. The molecule has 1 aliphatic rings. The summed E-state index contributed by atoms with van der Waals surface area (Å²) in [5.41, 5.74) is -2.54. The Kier molecular flexibility index (Phi) is 4.33. The van der Waals surface area contributed by atoms with Crippen LogP contribution in [0.25, 0.3) is 10.9 Å². The van der Waals surface area contributed by atoms with Crippen molar-refractivity contribution in [3.63, 3.8) is 0 Å². The average molecular weight is 388 g/mol. The number of halogens is 3. The monoisotopic (exact) mass is 388 g/mol. The highest BCUT2D eigenvalue weighted by atomic mass is 32.2. The Labute approximate surface area is 146 Å². The van der Waals surface area contributed by atoms with Gasteiger partial charge in [-0.1, -0.05) is 12.1 Å². The second-order valence-corrected chi connectivity index (χ2v) is 8.63. The van der Waals surface area contributed by atoms with E-state index in [1.54, 1.807) is 0 Å². The van der Waals surface area contributed by atoms with Gasteiger partial charge < -0.3 is 9.88 Å². The van der Waals surface area contributed by atoms with Gasteiger partial charge in [0.2, 0.25) is 0 Å². The summed E-state index contributed by atoms with van der Waals surface area (Å²) in [4.78, 5) is 28.0. The van der Waals surface area contributed by atoms with E-state index in [0.29, 0.717) is 0 Å². The molecular weight excluding hydrogens is 373 g/mol. The van der Waals surface area contributed by atoms with Gasteiger partial charge in [-0.3, -0.25) is 9.59 Å². The molecule has 0 unspecified atom stereocenters. The molecule has 0 saturated carbocycles. The van der Waals surface area contributed by atoms with Crippen LogP contribution in [-0.2, 0) is 16.0 Å². The van der Waals surface area contributed by atoms with Crippen molar-refractivity contribution in [2.24, 2.45) is 5.92 Å². The van der Waals surface area contributed by atoms with Gasteiger partial charge in [0, 0.05) is 25.3 Å². The average Bonchev–Trinajstić information content (AvgIpc) is 2.46. The number of H-pyrrole nitrogens is 1. The van der Waals surface area contributed by atoms with E-state index in [9.17, 15) is 31.2 Å². The molecule has 2 aromatic rings. The molecule has 1 saturated heterocycles. The smallest absolute Gasteiger partial charge is 0.338 e. The van der Waals surface area contributed by atoms with E-state index in [1.165, 1.54) is 17.0 Å². The number of hydrogen-bond acceptors (Lipinski definition) is 4. The SMILES string of the molecule is CS(=O)(=O)CC1CN(C(=O)c2cc3cccc(C(F)(F)F)c3[nH]c2=O)C1. The highest BCUT2D eigenvalue weighted by molar-refractivity contribution is 7.90. The standard InChI is InChI=1S/C16H15F3N2O4S/c1-26(24,25)8-9-6-21(7-9)15(23)11-5-10-3-2-4-12(16(17,18)19)13(10)20-14(11)22/h2-5,9H,6-8H2,1H3,(H,20,22). The van der Waals surface area contributed by atoms with Crippen LogP contribution in [0.2, 0.25) is 0 Å². The Morgan fingerprint density at radius 1 is 1.31 bits per heavy atom. The number of aromatic amines is 1. The van der Waals surface area contributed by atoms with E-state index in [4.69, 9.17) is 0 Å². The predicted molar refractivity (Wildman–Crippen MR) is 88.7 cm³/mol. The Morgan fingerprint density at radius 2 is 1.96 bits per heavy atom. The molecule has 3 rings (SSSR count). The molecule has 0 radical (unpaired) electrons. The van der Waals surface area contributed by atoms with Crippen molar-refractivity contribution in [1.29, 1.82) is 0 Å². The maximum absolute atomic E-state index is 13.0. The normalized spacial score (nSPS) is 15.9. The van der Waals surface area contributed by atoms with Crippen LogP contribution in [0.15, 0.2) is 29.1 Å². The van der Waals surface area contributed by atoms with Crippen LogP contribution >= 0.6 is 0 Å². The molecule has 1 fully saturated rings. The van der Waals surface area contributed by atoms with Crippen molar-refractivity contribution in [1.82, 2.24) is 9.88 Å². The quantitative estimate of drug-likeness (QED) is 0.867. The van der Waals surface area contributed by atoms with E-state index in [2.05, 4.69) is 4.98 Å². The first-order valence-electron chi connectivity index (χ1n) is 7.66. The van der Waals surface area contributed by atoms with E-state index in [0.717, 1.165) is 18.4 Å². The highest BCUT2D eigenvalue weighted by Gasteiger charge is 2.35. The molecule has 10 heteroatoms. The van der Waals surface area contributed by atoms with Crippen molar-refractivity contribution in [3.05, 3.63) is 45.7 Å². The fourth-order valence-corrected chi connectivity index (χ4v) is 4.13. The van der Waals surface area contributed by atoms with Gasteiger partial charge in [-0.2, -0.15) is 13.2 Å². The zero-order valence-corrected chi connectivity index (χ0v) is 14.4. The summed E-state index contributed by atoms with van der Waals surface area (Å²) >= 11 is 0. The number of alkyl halides is 3. The molecule has 2 heterocycles. The summed E-state index contributed by atoms with van der Waals surface area (Å²) in [6, 6.07) is 4.56. The Morgan fingerprint density at radius 3 is 2.54 bits per heavy atom. The lowest BCUT2D eigenvalue weighted by molar-refractivity contribution is -0.136. The van der Waals surface area contributed by atoms with Crippen molar-refractivity contribution >= 4 is 26.6 Å². The lowest BCUT2D eigenvalue weighted by Crippen LogP contribution is -2.53. The first-order chi connectivity index (χ1) is 12.0. The highest BCUT2D eigenvalue weighted by Crippen LogP contribution is 2.33. The second-order valence-electron chi connectivity index (χ2n) is 6.45. The topological polar surface area (TPSA) is 87.3 Å². The minimum Gasteiger partial charge on any atom is -0.338 e. The maximum Gasteiger partial charge on any atom is 0.418 e. The number of rotatable bonds is 3. The summed E-state index contributed by atoms with van der Waals surface area (Å²) in [7, 11) is -3.17. The number of para-hydroxylation sites is 1. The van der Waals surface area contributed by atoms with Crippen LogP contribution in [0.4, 0.5) is 13.2 Å². The van der Waals surface area contributed by atoms with E-state index < -0.39 is 33.0 Å². The summed E-state index contributed by atoms with van der Waals surface area (Å²) in [5.74, 6) is -0.889. The fourth-order valence-electron chi connectivity index (χ4n) is 3.07. The van der Waals surface area contributed by atoms with Gasteiger partial charge in [0.15, 0.2) is 0 Å². The van der Waals surface area contributed by atoms with E-state index in [-0.39, 0.29) is 41.2 Å². The van der Waals surface area contributed by atoms with Crippen LogP contribution < -0.4 is 5.56 Å². The largest absolute Gasteiger partial charge is 0.418 e. The molecular formula is C16H15F3N2O4S. The number of likely N-dealkylation sites (tertiary alicyclic amines) is 1. The zero-order valence-electron chi connectivity index (χ0n) is 13.6.